The average Bonchev–Trinajstić information content (AvgIpc) is 2.37. The summed E-state index contributed by atoms with van der Waals surface area (Å²) in [5.41, 5.74) is 1.29. The monoisotopic (exact) mass is 264 g/mol. The second-order valence-corrected chi connectivity index (χ2v) is 5.29. The third-order valence-electron chi connectivity index (χ3n) is 3.65. The Balaban J connectivity index is 2.76. The molecule has 1 rings (SSSR count). The number of carboxylic acid groups (broad SMARTS) is 1. The lowest BCUT2D eigenvalue weighted by atomic mass is 9.87. The minimum Gasteiger partial charge on any atom is -0.481 e. The molecule has 0 saturated heterocycles. The van der Waals surface area contributed by atoms with Crippen LogP contribution in [0.25, 0.3) is 0 Å². The van der Waals surface area contributed by atoms with Crippen LogP contribution in [0.1, 0.15) is 38.6 Å². The summed E-state index contributed by atoms with van der Waals surface area (Å²) in [6, 6.07) is 5.94. The molecule has 4 nitrogen and oxygen atoms in total. The lowest BCUT2D eigenvalue weighted by molar-refractivity contribution is -0.149. The molecule has 4 heteroatoms. The summed E-state index contributed by atoms with van der Waals surface area (Å²) in [4.78, 5) is 18.0. The van der Waals surface area contributed by atoms with Crippen molar-refractivity contribution < 1.29 is 9.90 Å². The molecule has 0 saturated carbocycles. The summed E-state index contributed by atoms with van der Waals surface area (Å²) in [7, 11) is 0. The van der Waals surface area contributed by atoms with Crippen molar-refractivity contribution in [3.05, 3.63) is 29.6 Å². The van der Waals surface area contributed by atoms with E-state index in [2.05, 4.69) is 9.88 Å². The van der Waals surface area contributed by atoms with Crippen LogP contribution >= 0.6 is 0 Å². The van der Waals surface area contributed by atoms with Crippen LogP contribution in [0, 0.1) is 12.3 Å². The first-order chi connectivity index (χ1) is 8.91. The number of hydrogen-bond acceptors (Lipinski definition) is 3. The van der Waals surface area contributed by atoms with E-state index in [-0.39, 0.29) is 0 Å². The number of pyridine rings is 1. The van der Waals surface area contributed by atoms with Gasteiger partial charge in [-0.1, -0.05) is 19.9 Å². The highest BCUT2D eigenvalue weighted by atomic mass is 16.4. The van der Waals surface area contributed by atoms with Gasteiger partial charge in [0.05, 0.1) is 11.1 Å². The summed E-state index contributed by atoms with van der Waals surface area (Å²) in [6.07, 6.45) is 0.625. The van der Waals surface area contributed by atoms with E-state index >= 15 is 0 Å². The number of carbonyl (C=O) groups is 1. The first-order valence-electron chi connectivity index (χ1n) is 6.79. The minimum absolute atomic E-state index is 0.547. The predicted octanol–water partition coefficient (Wildman–Crippen LogP) is 2.71. The lowest BCUT2D eigenvalue weighted by Gasteiger charge is -2.30. The Morgan fingerprint density at radius 3 is 2.58 bits per heavy atom. The van der Waals surface area contributed by atoms with Crippen molar-refractivity contribution in [3.8, 4) is 0 Å². The summed E-state index contributed by atoms with van der Waals surface area (Å²) in [6.45, 7) is 9.81. The minimum atomic E-state index is -0.731. The normalized spacial score (nSPS) is 14.4. The molecule has 0 radical (unpaired) electrons. The number of rotatable bonds is 7. The molecule has 1 heterocycles. The van der Waals surface area contributed by atoms with Crippen LogP contribution in [-0.2, 0) is 11.3 Å². The van der Waals surface area contributed by atoms with Gasteiger partial charge >= 0.3 is 5.97 Å². The molecular formula is C15H24N2O2. The van der Waals surface area contributed by atoms with Gasteiger partial charge < -0.3 is 5.11 Å². The molecule has 0 aliphatic heterocycles. The van der Waals surface area contributed by atoms with E-state index in [1.54, 1.807) is 0 Å². The Kier molecular flexibility index (Phi) is 5.48. The van der Waals surface area contributed by atoms with E-state index in [0.717, 1.165) is 17.9 Å². The van der Waals surface area contributed by atoms with E-state index < -0.39 is 11.4 Å². The molecule has 1 atom stereocenters. The molecule has 0 aliphatic rings. The summed E-state index contributed by atoms with van der Waals surface area (Å²) in [5, 5.41) is 9.34. The average molecular weight is 264 g/mol. The van der Waals surface area contributed by atoms with Gasteiger partial charge in [0.15, 0.2) is 0 Å². The molecule has 0 aromatic carbocycles. The van der Waals surface area contributed by atoms with Crippen LogP contribution in [0.2, 0.25) is 0 Å². The van der Waals surface area contributed by atoms with Gasteiger partial charge in [0, 0.05) is 18.8 Å². The van der Waals surface area contributed by atoms with Crippen LogP contribution in [-0.4, -0.2) is 34.0 Å². The van der Waals surface area contributed by atoms with Crippen molar-refractivity contribution >= 4 is 5.97 Å². The molecule has 0 aliphatic carbocycles. The Labute approximate surface area is 115 Å². The Morgan fingerprint density at radius 1 is 1.42 bits per heavy atom. The third-order valence-corrected chi connectivity index (χ3v) is 3.65. The van der Waals surface area contributed by atoms with E-state index in [9.17, 15) is 9.90 Å². The number of aromatic nitrogens is 1. The fourth-order valence-electron chi connectivity index (χ4n) is 2.02. The van der Waals surface area contributed by atoms with Crippen molar-refractivity contribution in [3.63, 3.8) is 0 Å². The van der Waals surface area contributed by atoms with Crippen LogP contribution in [0.4, 0.5) is 0 Å². The van der Waals surface area contributed by atoms with Gasteiger partial charge in [-0.3, -0.25) is 14.7 Å². The molecule has 0 bridgehead atoms. The number of carboxylic acids is 1. The van der Waals surface area contributed by atoms with Gasteiger partial charge in [-0.2, -0.15) is 0 Å². The highest BCUT2D eigenvalue weighted by Crippen LogP contribution is 2.23. The van der Waals surface area contributed by atoms with Gasteiger partial charge in [0.1, 0.15) is 0 Å². The summed E-state index contributed by atoms with van der Waals surface area (Å²) >= 11 is 0. The molecule has 106 valence electrons. The number of aryl methyl sites for hydroxylation is 1. The zero-order chi connectivity index (χ0) is 14.5. The van der Waals surface area contributed by atoms with E-state index in [1.807, 2.05) is 45.9 Å². The Morgan fingerprint density at radius 2 is 2.11 bits per heavy atom. The maximum absolute atomic E-state index is 11.4. The summed E-state index contributed by atoms with van der Waals surface area (Å²) in [5.74, 6) is -0.731. The molecule has 1 aromatic heterocycles. The van der Waals surface area contributed by atoms with Crippen LogP contribution in [0.15, 0.2) is 18.2 Å². The first-order valence-corrected chi connectivity index (χ1v) is 6.79. The Bertz CT molecular complexity index is 434. The SMILES string of the molecule is CCN(Cc1cccc(C)n1)CC(C)(CC)C(=O)O. The number of nitrogens with zero attached hydrogens (tertiary/aromatic N) is 2. The standard InChI is InChI=1S/C15H24N2O2/c1-5-15(4,14(18)19)11-17(6-2)10-13-9-7-8-12(3)16-13/h7-9H,5-6,10-11H2,1-4H3,(H,18,19). The second kappa shape index (κ2) is 6.66. The highest BCUT2D eigenvalue weighted by Gasteiger charge is 2.32. The smallest absolute Gasteiger partial charge is 0.310 e. The van der Waals surface area contributed by atoms with Crippen molar-refractivity contribution in [1.82, 2.24) is 9.88 Å². The highest BCUT2D eigenvalue weighted by molar-refractivity contribution is 5.74. The zero-order valence-electron chi connectivity index (χ0n) is 12.3. The summed E-state index contributed by atoms with van der Waals surface area (Å²) < 4.78 is 0. The van der Waals surface area contributed by atoms with Crippen LogP contribution < -0.4 is 0 Å². The maximum atomic E-state index is 11.4. The topological polar surface area (TPSA) is 53.4 Å². The number of aliphatic carboxylic acids is 1. The molecule has 1 aromatic rings. The molecule has 1 N–H and O–H groups in total. The van der Waals surface area contributed by atoms with Gasteiger partial charge in [0.25, 0.3) is 0 Å². The van der Waals surface area contributed by atoms with E-state index in [4.69, 9.17) is 0 Å². The largest absolute Gasteiger partial charge is 0.481 e. The van der Waals surface area contributed by atoms with Crippen LogP contribution in [0.3, 0.4) is 0 Å². The molecule has 0 amide bonds. The first kappa shape index (κ1) is 15.6. The van der Waals surface area contributed by atoms with Gasteiger partial charge in [-0.05, 0) is 38.9 Å². The quantitative estimate of drug-likeness (QED) is 0.822. The van der Waals surface area contributed by atoms with Crippen LogP contribution in [0.5, 0.6) is 0 Å². The predicted molar refractivity (Wildman–Crippen MR) is 76.0 cm³/mol. The fourth-order valence-corrected chi connectivity index (χ4v) is 2.02. The van der Waals surface area contributed by atoms with Gasteiger partial charge in [-0.25, -0.2) is 0 Å². The van der Waals surface area contributed by atoms with E-state index in [1.165, 1.54) is 0 Å². The zero-order valence-corrected chi connectivity index (χ0v) is 12.3. The van der Waals surface area contributed by atoms with E-state index in [0.29, 0.717) is 19.5 Å². The van der Waals surface area contributed by atoms with Crippen molar-refractivity contribution in [1.29, 1.82) is 0 Å². The maximum Gasteiger partial charge on any atom is 0.310 e. The molecular weight excluding hydrogens is 240 g/mol. The molecule has 1 unspecified atom stereocenters. The molecule has 0 spiro atoms. The van der Waals surface area contributed by atoms with Gasteiger partial charge in [-0.15, -0.1) is 0 Å². The van der Waals surface area contributed by atoms with Crippen molar-refractivity contribution in [2.45, 2.75) is 40.7 Å². The fraction of sp³-hybridized carbons (Fsp3) is 0.600. The second-order valence-electron chi connectivity index (χ2n) is 5.29. The lowest BCUT2D eigenvalue weighted by Crippen LogP contribution is -2.40. The number of hydrogen-bond donors (Lipinski definition) is 1. The molecule has 19 heavy (non-hydrogen) atoms. The third kappa shape index (κ3) is 4.31. The van der Waals surface area contributed by atoms with Crippen molar-refractivity contribution in [2.75, 3.05) is 13.1 Å². The Hall–Kier alpha value is -1.42. The van der Waals surface area contributed by atoms with Gasteiger partial charge in [0.2, 0.25) is 0 Å². The van der Waals surface area contributed by atoms with Crippen molar-refractivity contribution in [2.24, 2.45) is 5.41 Å². The molecule has 0 fully saturated rings.